The van der Waals surface area contributed by atoms with Gasteiger partial charge in [-0.25, -0.2) is 9.18 Å². The molecule has 0 saturated carbocycles. The van der Waals surface area contributed by atoms with Crippen molar-refractivity contribution in [3.63, 3.8) is 0 Å². The Morgan fingerprint density at radius 2 is 1.88 bits per heavy atom. The number of anilines is 1. The number of rotatable bonds is 7. The average molecular weight is 332 g/mol. The summed E-state index contributed by atoms with van der Waals surface area (Å²) in [6.45, 7) is 3.11. The fourth-order valence-electron chi connectivity index (χ4n) is 2.04. The van der Waals surface area contributed by atoms with Gasteiger partial charge in [0.1, 0.15) is 18.2 Å². The number of halogens is 1. The number of aryl methyl sites for hydroxylation is 1. The molecule has 2 amide bonds. The molecule has 128 valence electrons. The molecule has 2 aromatic rings. The molecule has 0 saturated heterocycles. The van der Waals surface area contributed by atoms with Gasteiger partial charge < -0.3 is 20.1 Å². The number of urea groups is 1. The minimum Gasteiger partial charge on any atom is -0.489 e. The van der Waals surface area contributed by atoms with Crippen LogP contribution < -0.4 is 15.4 Å². The van der Waals surface area contributed by atoms with Crippen molar-refractivity contribution in [2.75, 3.05) is 25.6 Å². The molecule has 2 rings (SSSR count). The molecule has 0 fully saturated rings. The highest BCUT2D eigenvalue weighted by atomic mass is 19.1. The Kier molecular flexibility index (Phi) is 6.57. The molecule has 0 atom stereocenters. The number of carbonyl (C=O) groups is 1. The third-order valence-corrected chi connectivity index (χ3v) is 3.30. The Morgan fingerprint density at radius 3 is 2.58 bits per heavy atom. The Labute approximate surface area is 140 Å². The van der Waals surface area contributed by atoms with Crippen molar-refractivity contribution in [2.24, 2.45) is 0 Å². The van der Waals surface area contributed by atoms with Gasteiger partial charge in [0.25, 0.3) is 0 Å². The van der Waals surface area contributed by atoms with E-state index in [-0.39, 0.29) is 11.8 Å². The van der Waals surface area contributed by atoms with E-state index in [1.54, 1.807) is 25.3 Å². The summed E-state index contributed by atoms with van der Waals surface area (Å²) in [4.78, 5) is 12.0. The molecular weight excluding hydrogens is 311 g/mol. The fourth-order valence-corrected chi connectivity index (χ4v) is 2.04. The minimum atomic E-state index is -0.361. The average Bonchev–Trinajstić information content (AvgIpc) is 2.57. The number of carbonyl (C=O) groups excluding carboxylic acids is 1. The Morgan fingerprint density at radius 1 is 1.12 bits per heavy atom. The van der Waals surface area contributed by atoms with Crippen LogP contribution in [-0.4, -0.2) is 26.4 Å². The van der Waals surface area contributed by atoms with E-state index in [9.17, 15) is 9.18 Å². The van der Waals surface area contributed by atoms with Crippen LogP contribution in [0, 0.1) is 12.7 Å². The summed E-state index contributed by atoms with van der Waals surface area (Å²) in [5.74, 6) is 0.282. The quantitative estimate of drug-likeness (QED) is 0.763. The molecule has 0 radical (unpaired) electrons. The number of nitrogens with one attached hydrogen (secondary N) is 2. The van der Waals surface area contributed by atoms with Gasteiger partial charge >= 0.3 is 6.03 Å². The van der Waals surface area contributed by atoms with Crippen LogP contribution in [-0.2, 0) is 11.3 Å². The molecule has 5 nitrogen and oxygen atoms in total. The molecular formula is C18H21FN2O3. The summed E-state index contributed by atoms with van der Waals surface area (Å²) in [5, 5.41) is 5.48. The van der Waals surface area contributed by atoms with Crippen LogP contribution in [0.1, 0.15) is 11.1 Å². The van der Waals surface area contributed by atoms with Gasteiger partial charge in [-0.1, -0.05) is 18.2 Å². The van der Waals surface area contributed by atoms with Crippen molar-refractivity contribution in [1.29, 1.82) is 0 Å². The second-order valence-corrected chi connectivity index (χ2v) is 5.28. The Balaban J connectivity index is 1.93. The summed E-state index contributed by atoms with van der Waals surface area (Å²) >= 11 is 0. The van der Waals surface area contributed by atoms with Crippen LogP contribution in [0.15, 0.2) is 42.5 Å². The molecule has 0 heterocycles. The van der Waals surface area contributed by atoms with Crippen molar-refractivity contribution in [1.82, 2.24) is 5.32 Å². The summed E-state index contributed by atoms with van der Waals surface area (Å²) in [6.07, 6.45) is 0. The number of ether oxygens (including phenoxy) is 2. The number of hydrogen-bond donors (Lipinski definition) is 2. The molecule has 2 N–H and O–H groups in total. The highest BCUT2D eigenvalue weighted by Gasteiger charge is 2.08. The first-order valence-corrected chi connectivity index (χ1v) is 7.60. The van der Waals surface area contributed by atoms with E-state index >= 15 is 0 Å². The molecule has 0 aliphatic rings. The maximum Gasteiger partial charge on any atom is 0.319 e. The normalized spacial score (nSPS) is 10.3. The van der Waals surface area contributed by atoms with E-state index in [0.717, 1.165) is 11.1 Å². The monoisotopic (exact) mass is 332 g/mol. The van der Waals surface area contributed by atoms with E-state index in [1.807, 2.05) is 19.1 Å². The number of benzene rings is 2. The molecule has 0 spiro atoms. The Hall–Kier alpha value is -2.60. The highest BCUT2D eigenvalue weighted by Crippen LogP contribution is 2.25. The van der Waals surface area contributed by atoms with Crippen molar-refractivity contribution >= 4 is 11.7 Å². The smallest absolute Gasteiger partial charge is 0.319 e. The van der Waals surface area contributed by atoms with Gasteiger partial charge in [-0.3, -0.25) is 0 Å². The van der Waals surface area contributed by atoms with Crippen LogP contribution in [0.2, 0.25) is 0 Å². The largest absolute Gasteiger partial charge is 0.489 e. The molecule has 6 heteroatoms. The number of amides is 2. The molecule has 2 aromatic carbocycles. The fraction of sp³-hybridized carbons (Fsp3) is 0.278. The third kappa shape index (κ3) is 5.55. The summed E-state index contributed by atoms with van der Waals surface area (Å²) in [6, 6.07) is 11.1. The minimum absolute atomic E-state index is 0.303. The maximum atomic E-state index is 12.9. The van der Waals surface area contributed by atoms with E-state index in [4.69, 9.17) is 9.47 Å². The van der Waals surface area contributed by atoms with Crippen LogP contribution in [0.4, 0.5) is 14.9 Å². The molecule has 24 heavy (non-hydrogen) atoms. The van der Waals surface area contributed by atoms with Crippen LogP contribution in [0.3, 0.4) is 0 Å². The highest BCUT2D eigenvalue weighted by molar-refractivity contribution is 5.90. The second-order valence-electron chi connectivity index (χ2n) is 5.28. The second kappa shape index (κ2) is 8.88. The van der Waals surface area contributed by atoms with Gasteiger partial charge in [-0.05, 0) is 42.3 Å². The third-order valence-electron chi connectivity index (χ3n) is 3.30. The number of hydrogen-bond acceptors (Lipinski definition) is 3. The predicted molar refractivity (Wildman–Crippen MR) is 90.8 cm³/mol. The van der Waals surface area contributed by atoms with Crippen molar-refractivity contribution in [2.45, 2.75) is 13.5 Å². The lowest BCUT2D eigenvalue weighted by molar-refractivity contribution is 0.146. The zero-order chi connectivity index (χ0) is 17.4. The van der Waals surface area contributed by atoms with Crippen molar-refractivity contribution in [3.05, 3.63) is 59.4 Å². The zero-order valence-electron chi connectivity index (χ0n) is 13.8. The van der Waals surface area contributed by atoms with Crippen LogP contribution >= 0.6 is 0 Å². The van der Waals surface area contributed by atoms with Crippen LogP contribution in [0.25, 0.3) is 0 Å². The number of methoxy groups -OCH3 is 1. The Bertz CT molecular complexity index is 674. The summed E-state index contributed by atoms with van der Waals surface area (Å²) in [7, 11) is 1.60. The SMILES string of the molecule is COCCOc1cc(C)ccc1NC(=O)NCc1ccc(F)cc1. The van der Waals surface area contributed by atoms with E-state index in [2.05, 4.69) is 10.6 Å². The predicted octanol–water partition coefficient (Wildman–Crippen LogP) is 3.48. The lowest BCUT2D eigenvalue weighted by Gasteiger charge is -2.14. The molecule has 0 aliphatic carbocycles. The van der Waals surface area contributed by atoms with Crippen molar-refractivity contribution < 1.29 is 18.7 Å². The zero-order valence-corrected chi connectivity index (χ0v) is 13.8. The lowest BCUT2D eigenvalue weighted by atomic mass is 10.2. The molecule has 0 unspecified atom stereocenters. The maximum absolute atomic E-state index is 12.9. The first kappa shape index (κ1) is 17.7. The van der Waals surface area contributed by atoms with E-state index in [1.165, 1.54) is 12.1 Å². The first-order valence-electron chi connectivity index (χ1n) is 7.60. The van der Waals surface area contributed by atoms with Gasteiger partial charge in [0.2, 0.25) is 0 Å². The molecule has 0 aromatic heterocycles. The molecule has 0 aliphatic heterocycles. The lowest BCUT2D eigenvalue weighted by Crippen LogP contribution is -2.28. The molecule has 0 bridgehead atoms. The standard InChI is InChI=1S/C18H21FN2O3/c1-13-3-8-16(17(11-13)24-10-9-23-2)21-18(22)20-12-14-4-6-15(19)7-5-14/h3-8,11H,9-10,12H2,1-2H3,(H2,20,21,22). The summed E-state index contributed by atoms with van der Waals surface area (Å²) < 4.78 is 23.4. The van der Waals surface area contributed by atoms with Gasteiger partial charge in [-0.15, -0.1) is 0 Å². The van der Waals surface area contributed by atoms with Gasteiger partial charge in [0.15, 0.2) is 0 Å². The summed E-state index contributed by atoms with van der Waals surface area (Å²) in [5.41, 5.74) is 2.42. The van der Waals surface area contributed by atoms with Crippen molar-refractivity contribution in [3.8, 4) is 5.75 Å². The van der Waals surface area contributed by atoms with E-state index in [0.29, 0.717) is 31.2 Å². The van der Waals surface area contributed by atoms with Gasteiger partial charge in [0, 0.05) is 13.7 Å². The van der Waals surface area contributed by atoms with E-state index < -0.39 is 0 Å². The first-order chi connectivity index (χ1) is 11.6. The van der Waals surface area contributed by atoms with Gasteiger partial charge in [0.05, 0.1) is 12.3 Å². The van der Waals surface area contributed by atoms with Crippen LogP contribution in [0.5, 0.6) is 5.75 Å². The van der Waals surface area contributed by atoms with Gasteiger partial charge in [-0.2, -0.15) is 0 Å². The topological polar surface area (TPSA) is 59.6 Å².